The molecule has 2 rings (SSSR count). The van der Waals surface area contributed by atoms with Crippen LogP contribution in [-0.2, 0) is 4.79 Å². The van der Waals surface area contributed by atoms with E-state index in [2.05, 4.69) is 10.5 Å². The van der Waals surface area contributed by atoms with E-state index in [0.29, 0.717) is 11.5 Å². The minimum absolute atomic E-state index is 0.106. The first-order chi connectivity index (χ1) is 11.7. The number of carbonyl (C=O) groups is 1. The molecule has 0 aliphatic carbocycles. The maximum absolute atomic E-state index is 11.7. The Morgan fingerprint density at radius 3 is 2.42 bits per heavy atom. The zero-order valence-electron chi connectivity index (χ0n) is 13.7. The van der Waals surface area contributed by atoms with E-state index in [1.54, 1.807) is 31.4 Å². The third-order valence-electron chi connectivity index (χ3n) is 3.10. The molecule has 5 nitrogen and oxygen atoms in total. The van der Waals surface area contributed by atoms with Crippen molar-refractivity contribution in [1.82, 2.24) is 5.43 Å². The van der Waals surface area contributed by atoms with Gasteiger partial charge >= 0.3 is 0 Å². The highest BCUT2D eigenvalue weighted by Gasteiger charge is 2.02. The molecule has 1 amide bonds. The van der Waals surface area contributed by atoms with Crippen LogP contribution in [-0.4, -0.2) is 25.3 Å². The lowest BCUT2D eigenvalue weighted by Crippen LogP contribution is -2.25. The van der Waals surface area contributed by atoms with Crippen LogP contribution >= 0.6 is 0 Å². The van der Waals surface area contributed by atoms with Crippen LogP contribution in [0.15, 0.2) is 65.8 Å². The van der Waals surface area contributed by atoms with Crippen molar-refractivity contribution in [2.24, 2.45) is 5.10 Å². The lowest BCUT2D eigenvalue weighted by molar-refractivity contribution is -0.123. The van der Waals surface area contributed by atoms with Gasteiger partial charge in [0.15, 0.2) is 6.61 Å². The Morgan fingerprint density at radius 2 is 1.75 bits per heavy atom. The second-order valence-electron chi connectivity index (χ2n) is 5.00. The topological polar surface area (TPSA) is 59.9 Å². The molecule has 24 heavy (non-hydrogen) atoms. The molecule has 0 bridgehead atoms. The average molecular weight is 324 g/mol. The van der Waals surface area contributed by atoms with Crippen molar-refractivity contribution in [1.29, 1.82) is 0 Å². The number of allylic oxidation sites excluding steroid dienone is 1. The molecule has 0 aliphatic heterocycles. The summed E-state index contributed by atoms with van der Waals surface area (Å²) in [6.45, 7) is 1.70. The summed E-state index contributed by atoms with van der Waals surface area (Å²) in [5, 5.41) is 4.01. The van der Waals surface area contributed by atoms with Gasteiger partial charge in [-0.3, -0.25) is 4.79 Å². The van der Waals surface area contributed by atoms with Crippen LogP contribution in [0.1, 0.15) is 12.5 Å². The number of methoxy groups -OCH3 is 1. The van der Waals surface area contributed by atoms with E-state index in [1.165, 1.54) is 0 Å². The number of hydrogen-bond acceptors (Lipinski definition) is 4. The lowest BCUT2D eigenvalue weighted by atomic mass is 10.2. The van der Waals surface area contributed by atoms with Gasteiger partial charge in [0.2, 0.25) is 0 Å². The Bertz CT molecular complexity index is 707. The maximum Gasteiger partial charge on any atom is 0.277 e. The predicted octanol–water partition coefficient (Wildman–Crippen LogP) is 3.28. The quantitative estimate of drug-likeness (QED) is 0.628. The third kappa shape index (κ3) is 5.96. The number of hydrazone groups is 1. The van der Waals surface area contributed by atoms with Gasteiger partial charge in [-0.05, 0) is 42.8 Å². The van der Waals surface area contributed by atoms with Crippen molar-refractivity contribution in [3.05, 3.63) is 66.2 Å². The highest BCUT2D eigenvalue weighted by molar-refractivity contribution is 5.97. The van der Waals surface area contributed by atoms with Crippen molar-refractivity contribution in [3.63, 3.8) is 0 Å². The minimum atomic E-state index is -0.321. The van der Waals surface area contributed by atoms with Gasteiger partial charge in [0, 0.05) is 0 Å². The molecule has 0 aromatic heterocycles. The molecule has 0 spiro atoms. The number of rotatable bonds is 7. The first kappa shape index (κ1) is 17.3. The Labute approximate surface area is 141 Å². The van der Waals surface area contributed by atoms with Crippen molar-refractivity contribution < 1.29 is 14.3 Å². The fraction of sp³-hybridized carbons (Fsp3) is 0.158. The first-order valence-corrected chi connectivity index (χ1v) is 7.50. The fourth-order valence-corrected chi connectivity index (χ4v) is 1.82. The number of benzene rings is 2. The number of amides is 1. The molecular weight excluding hydrogens is 304 g/mol. The highest BCUT2D eigenvalue weighted by Crippen LogP contribution is 2.16. The Balaban J connectivity index is 1.77. The van der Waals surface area contributed by atoms with Crippen molar-refractivity contribution in [2.75, 3.05) is 13.7 Å². The molecule has 0 saturated heterocycles. The van der Waals surface area contributed by atoms with Crippen LogP contribution in [0.2, 0.25) is 0 Å². The van der Waals surface area contributed by atoms with Crippen LogP contribution < -0.4 is 14.9 Å². The fourth-order valence-electron chi connectivity index (χ4n) is 1.82. The number of hydrogen-bond donors (Lipinski definition) is 1. The van der Waals surface area contributed by atoms with E-state index in [0.717, 1.165) is 11.3 Å². The summed E-state index contributed by atoms with van der Waals surface area (Å²) in [5.41, 5.74) is 4.22. The summed E-state index contributed by atoms with van der Waals surface area (Å²) < 4.78 is 10.4. The molecule has 5 heteroatoms. The Morgan fingerprint density at radius 1 is 1.08 bits per heavy atom. The standard InChI is InChI=1S/C19H20N2O3/c1-15(8-9-16-6-4-3-5-7-16)20-21-19(22)14-24-18-12-10-17(23-2)11-13-18/h3-13H,14H2,1-2H3,(H,21,22)/b9-8+,20-15-. The zero-order chi connectivity index (χ0) is 17.2. The molecule has 0 saturated carbocycles. The smallest absolute Gasteiger partial charge is 0.277 e. The van der Waals surface area contributed by atoms with Crippen molar-refractivity contribution >= 4 is 17.7 Å². The van der Waals surface area contributed by atoms with E-state index >= 15 is 0 Å². The van der Waals surface area contributed by atoms with E-state index in [1.807, 2.05) is 49.4 Å². The number of carbonyl (C=O) groups excluding carboxylic acids is 1. The van der Waals surface area contributed by atoms with Crippen LogP contribution in [0, 0.1) is 0 Å². The molecule has 2 aromatic rings. The lowest BCUT2D eigenvalue weighted by Gasteiger charge is -2.06. The molecule has 124 valence electrons. The van der Waals surface area contributed by atoms with Crippen LogP contribution in [0.3, 0.4) is 0 Å². The van der Waals surface area contributed by atoms with E-state index in [9.17, 15) is 4.79 Å². The van der Waals surface area contributed by atoms with Crippen LogP contribution in [0.5, 0.6) is 11.5 Å². The zero-order valence-corrected chi connectivity index (χ0v) is 13.7. The molecule has 0 unspecified atom stereocenters. The molecule has 0 radical (unpaired) electrons. The van der Waals surface area contributed by atoms with Gasteiger partial charge in [-0.2, -0.15) is 5.10 Å². The van der Waals surface area contributed by atoms with Crippen molar-refractivity contribution in [2.45, 2.75) is 6.92 Å². The molecule has 0 atom stereocenters. The summed E-state index contributed by atoms with van der Waals surface area (Å²) in [6.07, 6.45) is 3.76. The van der Waals surface area contributed by atoms with Gasteiger partial charge in [-0.25, -0.2) is 5.43 Å². The monoisotopic (exact) mass is 324 g/mol. The summed E-state index contributed by atoms with van der Waals surface area (Å²) in [7, 11) is 1.59. The van der Waals surface area contributed by atoms with E-state index < -0.39 is 0 Å². The Kier molecular flexibility index (Phi) is 6.58. The van der Waals surface area contributed by atoms with Gasteiger partial charge in [0.25, 0.3) is 5.91 Å². The molecule has 0 fully saturated rings. The molecule has 2 aromatic carbocycles. The summed E-state index contributed by atoms with van der Waals surface area (Å²) in [6, 6.07) is 16.9. The van der Waals surface area contributed by atoms with Crippen LogP contribution in [0.4, 0.5) is 0 Å². The first-order valence-electron chi connectivity index (χ1n) is 7.50. The largest absolute Gasteiger partial charge is 0.497 e. The Hall–Kier alpha value is -3.08. The van der Waals surface area contributed by atoms with Gasteiger partial charge in [0.1, 0.15) is 11.5 Å². The second kappa shape index (κ2) is 9.15. The van der Waals surface area contributed by atoms with Crippen LogP contribution in [0.25, 0.3) is 6.08 Å². The van der Waals surface area contributed by atoms with Crippen molar-refractivity contribution in [3.8, 4) is 11.5 Å². The molecule has 1 N–H and O–H groups in total. The van der Waals surface area contributed by atoms with Gasteiger partial charge in [0.05, 0.1) is 12.8 Å². The molecular formula is C19H20N2O3. The second-order valence-corrected chi connectivity index (χ2v) is 5.00. The normalized spacial score (nSPS) is 11.3. The molecule has 0 aliphatic rings. The molecule has 0 heterocycles. The van der Waals surface area contributed by atoms with Gasteiger partial charge in [-0.15, -0.1) is 0 Å². The predicted molar refractivity (Wildman–Crippen MR) is 95.2 cm³/mol. The average Bonchev–Trinajstić information content (AvgIpc) is 2.64. The summed E-state index contributed by atoms with van der Waals surface area (Å²) in [4.78, 5) is 11.7. The number of nitrogens with one attached hydrogen (secondary N) is 1. The summed E-state index contributed by atoms with van der Waals surface area (Å²) in [5.74, 6) is 1.01. The number of nitrogens with zero attached hydrogens (tertiary/aromatic N) is 1. The SMILES string of the molecule is COc1ccc(OCC(=O)N/N=C(C)\C=C\c2ccccc2)cc1. The van der Waals surface area contributed by atoms with Gasteiger partial charge in [-0.1, -0.05) is 36.4 Å². The summed E-state index contributed by atoms with van der Waals surface area (Å²) >= 11 is 0. The highest BCUT2D eigenvalue weighted by atomic mass is 16.5. The van der Waals surface area contributed by atoms with Gasteiger partial charge < -0.3 is 9.47 Å². The minimum Gasteiger partial charge on any atom is -0.497 e. The number of ether oxygens (including phenoxy) is 2. The third-order valence-corrected chi connectivity index (χ3v) is 3.10. The maximum atomic E-state index is 11.7. The van der Waals surface area contributed by atoms with E-state index in [-0.39, 0.29) is 12.5 Å². The van der Waals surface area contributed by atoms with E-state index in [4.69, 9.17) is 9.47 Å².